The number of amides is 1. The number of carbonyl (C=O) groups excluding carboxylic acids is 2. The number of nitrogens with zero attached hydrogens (tertiary/aromatic N) is 1. The van der Waals surface area contributed by atoms with Gasteiger partial charge in [0.15, 0.2) is 5.78 Å². The quantitative estimate of drug-likeness (QED) is 0.723. The highest BCUT2D eigenvalue weighted by molar-refractivity contribution is 6.04. The van der Waals surface area contributed by atoms with Crippen molar-refractivity contribution < 1.29 is 14.7 Å². The topological polar surface area (TPSA) is 69.6 Å². The van der Waals surface area contributed by atoms with Gasteiger partial charge in [0.05, 0.1) is 12.2 Å². The van der Waals surface area contributed by atoms with Gasteiger partial charge in [-0.15, -0.1) is 0 Å². The minimum atomic E-state index is -0.153. The summed E-state index contributed by atoms with van der Waals surface area (Å²) in [6.45, 7) is 5.82. The number of phenols is 1. The highest BCUT2D eigenvalue weighted by Gasteiger charge is 2.36. The summed E-state index contributed by atoms with van der Waals surface area (Å²) in [7, 11) is 0. The standard InChI is InChI=1S/C17H20N2O3/c1-10(20)19-9-11-12(7-17(2,3)8-15(11)22)18-16-13(19)5-4-6-14(16)21/h4-6,18,21H,7-9H2,1-3H3. The lowest BCUT2D eigenvalue weighted by Gasteiger charge is -2.32. The van der Waals surface area contributed by atoms with Crippen LogP contribution < -0.4 is 10.2 Å². The maximum absolute atomic E-state index is 12.5. The van der Waals surface area contributed by atoms with Crippen LogP contribution in [0, 0.1) is 5.41 Å². The summed E-state index contributed by atoms with van der Waals surface area (Å²) in [5.41, 5.74) is 2.43. The number of benzene rings is 1. The Bertz CT molecular complexity index is 704. The Morgan fingerprint density at radius 1 is 1.32 bits per heavy atom. The van der Waals surface area contributed by atoms with E-state index in [1.54, 1.807) is 23.1 Å². The number of Topliss-reactive ketones (excluding diaryl/α,β-unsaturated/α-hetero) is 1. The zero-order valence-electron chi connectivity index (χ0n) is 13.1. The molecule has 0 aromatic heterocycles. The SMILES string of the molecule is CC(=O)N1CC2=C(CC(C)(C)CC2=O)Nc2c(O)cccc21. The summed E-state index contributed by atoms with van der Waals surface area (Å²) in [5, 5.41) is 13.4. The van der Waals surface area contributed by atoms with Crippen LogP contribution in [0.3, 0.4) is 0 Å². The summed E-state index contributed by atoms with van der Waals surface area (Å²) < 4.78 is 0. The molecule has 0 spiro atoms. The van der Waals surface area contributed by atoms with Gasteiger partial charge in [-0.1, -0.05) is 19.9 Å². The number of fused-ring (bicyclic) bond motifs is 1. The molecule has 0 radical (unpaired) electrons. The van der Waals surface area contributed by atoms with E-state index in [0.717, 1.165) is 5.70 Å². The molecule has 5 heteroatoms. The molecule has 1 aliphatic heterocycles. The van der Waals surface area contributed by atoms with Gasteiger partial charge in [-0.05, 0) is 24.0 Å². The molecule has 1 aliphatic carbocycles. The Balaban J connectivity index is 2.16. The van der Waals surface area contributed by atoms with E-state index in [1.807, 2.05) is 0 Å². The van der Waals surface area contributed by atoms with Crippen LogP contribution in [0.1, 0.15) is 33.6 Å². The second kappa shape index (κ2) is 4.87. The van der Waals surface area contributed by atoms with Crippen molar-refractivity contribution in [2.24, 2.45) is 5.41 Å². The van der Waals surface area contributed by atoms with Gasteiger partial charge in [0.1, 0.15) is 11.4 Å². The average molecular weight is 300 g/mol. The zero-order chi connectivity index (χ0) is 16.1. The van der Waals surface area contributed by atoms with Gasteiger partial charge < -0.3 is 15.3 Å². The fraction of sp³-hybridized carbons (Fsp3) is 0.412. The van der Waals surface area contributed by atoms with Crippen molar-refractivity contribution in [1.29, 1.82) is 0 Å². The van der Waals surface area contributed by atoms with Crippen LogP contribution in [-0.2, 0) is 9.59 Å². The lowest BCUT2D eigenvalue weighted by molar-refractivity contribution is -0.118. The number of nitrogens with one attached hydrogen (secondary N) is 1. The number of rotatable bonds is 0. The molecule has 0 unspecified atom stereocenters. The molecule has 22 heavy (non-hydrogen) atoms. The first kappa shape index (κ1) is 14.6. The molecule has 0 fully saturated rings. The Morgan fingerprint density at radius 2 is 2.05 bits per heavy atom. The van der Waals surface area contributed by atoms with Crippen molar-refractivity contribution in [3.8, 4) is 5.75 Å². The third-order valence-electron chi connectivity index (χ3n) is 4.28. The second-order valence-corrected chi connectivity index (χ2v) is 6.80. The molecule has 2 aliphatic rings. The van der Waals surface area contributed by atoms with Crippen LogP contribution in [0.2, 0.25) is 0 Å². The Labute approximate surface area is 129 Å². The number of ketones is 1. The van der Waals surface area contributed by atoms with Crippen LogP contribution in [0.4, 0.5) is 11.4 Å². The molecule has 0 saturated heterocycles. The maximum Gasteiger partial charge on any atom is 0.224 e. The number of aromatic hydroxyl groups is 1. The van der Waals surface area contributed by atoms with Crippen molar-refractivity contribution in [3.63, 3.8) is 0 Å². The second-order valence-electron chi connectivity index (χ2n) is 6.80. The Kier molecular flexibility index (Phi) is 3.24. The number of allylic oxidation sites excluding steroid dienone is 1. The number of para-hydroxylation sites is 1. The minimum absolute atomic E-state index is 0.0669. The summed E-state index contributed by atoms with van der Waals surface area (Å²) in [5.74, 6) is -0.00865. The first-order valence-electron chi connectivity index (χ1n) is 7.41. The van der Waals surface area contributed by atoms with Crippen molar-refractivity contribution in [2.45, 2.75) is 33.6 Å². The van der Waals surface area contributed by atoms with Crippen LogP contribution >= 0.6 is 0 Å². The largest absolute Gasteiger partial charge is 0.506 e. The monoisotopic (exact) mass is 300 g/mol. The third-order valence-corrected chi connectivity index (χ3v) is 4.28. The molecule has 0 bridgehead atoms. The normalized spacial score (nSPS) is 20.0. The van der Waals surface area contributed by atoms with E-state index in [-0.39, 0.29) is 29.4 Å². The molecular formula is C17H20N2O3. The molecule has 116 valence electrons. The molecule has 1 heterocycles. The van der Waals surface area contributed by atoms with Gasteiger partial charge in [0, 0.05) is 24.6 Å². The molecule has 0 atom stereocenters. The van der Waals surface area contributed by atoms with Crippen molar-refractivity contribution >= 4 is 23.1 Å². The summed E-state index contributed by atoms with van der Waals surface area (Å²) in [4.78, 5) is 26.1. The van der Waals surface area contributed by atoms with E-state index in [1.165, 1.54) is 6.92 Å². The van der Waals surface area contributed by atoms with E-state index in [9.17, 15) is 14.7 Å². The van der Waals surface area contributed by atoms with Crippen LogP contribution in [-0.4, -0.2) is 23.3 Å². The fourth-order valence-corrected chi connectivity index (χ4v) is 3.22. The molecular weight excluding hydrogens is 280 g/mol. The maximum atomic E-state index is 12.5. The molecule has 5 nitrogen and oxygen atoms in total. The van der Waals surface area contributed by atoms with Gasteiger partial charge in [-0.3, -0.25) is 9.59 Å². The van der Waals surface area contributed by atoms with E-state index in [0.29, 0.717) is 29.8 Å². The van der Waals surface area contributed by atoms with Gasteiger partial charge in [-0.2, -0.15) is 0 Å². The fourth-order valence-electron chi connectivity index (χ4n) is 3.22. The van der Waals surface area contributed by atoms with E-state index >= 15 is 0 Å². The van der Waals surface area contributed by atoms with Gasteiger partial charge in [-0.25, -0.2) is 0 Å². The molecule has 0 saturated carbocycles. The van der Waals surface area contributed by atoms with Gasteiger partial charge in [0.25, 0.3) is 0 Å². The van der Waals surface area contributed by atoms with Crippen LogP contribution in [0.25, 0.3) is 0 Å². The highest BCUT2D eigenvalue weighted by atomic mass is 16.3. The Morgan fingerprint density at radius 3 is 2.73 bits per heavy atom. The number of anilines is 2. The number of hydrogen-bond donors (Lipinski definition) is 2. The minimum Gasteiger partial charge on any atom is -0.506 e. The average Bonchev–Trinajstić information content (AvgIpc) is 2.55. The number of carbonyl (C=O) groups is 2. The first-order chi connectivity index (χ1) is 10.3. The highest BCUT2D eigenvalue weighted by Crippen LogP contribution is 2.44. The van der Waals surface area contributed by atoms with E-state index < -0.39 is 0 Å². The molecule has 1 aromatic rings. The Hall–Kier alpha value is -2.30. The third kappa shape index (κ3) is 2.36. The predicted octanol–water partition coefficient (Wildman–Crippen LogP) is 2.81. The van der Waals surface area contributed by atoms with Crippen molar-refractivity contribution in [2.75, 3.05) is 16.8 Å². The van der Waals surface area contributed by atoms with Crippen molar-refractivity contribution in [3.05, 3.63) is 29.5 Å². The van der Waals surface area contributed by atoms with Gasteiger partial charge >= 0.3 is 0 Å². The lowest BCUT2D eigenvalue weighted by atomic mass is 9.75. The summed E-state index contributed by atoms with van der Waals surface area (Å²) in [6, 6.07) is 5.05. The number of phenolic OH excluding ortho intramolecular Hbond substituents is 1. The molecule has 1 aromatic carbocycles. The van der Waals surface area contributed by atoms with Crippen LogP contribution in [0.15, 0.2) is 29.5 Å². The molecule has 1 amide bonds. The van der Waals surface area contributed by atoms with E-state index in [4.69, 9.17) is 0 Å². The summed E-state index contributed by atoms with van der Waals surface area (Å²) in [6.07, 6.45) is 1.19. The number of hydrogen-bond acceptors (Lipinski definition) is 4. The summed E-state index contributed by atoms with van der Waals surface area (Å²) >= 11 is 0. The lowest BCUT2D eigenvalue weighted by Crippen LogP contribution is -2.35. The predicted molar refractivity (Wildman–Crippen MR) is 84.8 cm³/mol. The molecule has 2 N–H and O–H groups in total. The van der Waals surface area contributed by atoms with Gasteiger partial charge in [0.2, 0.25) is 5.91 Å². The zero-order valence-corrected chi connectivity index (χ0v) is 13.1. The smallest absolute Gasteiger partial charge is 0.224 e. The first-order valence-corrected chi connectivity index (χ1v) is 7.41. The van der Waals surface area contributed by atoms with E-state index in [2.05, 4.69) is 19.2 Å². The molecule has 3 rings (SSSR count). The van der Waals surface area contributed by atoms with Crippen LogP contribution in [0.5, 0.6) is 5.75 Å². The van der Waals surface area contributed by atoms with Crippen molar-refractivity contribution in [1.82, 2.24) is 0 Å².